The predicted molar refractivity (Wildman–Crippen MR) is 154 cm³/mol. The van der Waals surface area contributed by atoms with Gasteiger partial charge in [-0.2, -0.15) is 0 Å². The molecular formula is C34H39NO. The van der Waals surface area contributed by atoms with Crippen LogP contribution in [0.25, 0.3) is 21.9 Å². The van der Waals surface area contributed by atoms with Crippen molar-refractivity contribution >= 4 is 16.6 Å². The zero-order chi connectivity index (χ0) is 25.5. The van der Waals surface area contributed by atoms with E-state index in [1.54, 1.807) is 6.92 Å². The highest BCUT2D eigenvalue weighted by Crippen LogP contribution is 2.32. The average Bonchev–Trinajstić information content (AvgIpc) is 2.90. The number of hydrogen-bond donors (Lipinski definition) is 1. The van der Waals surface area contributed by atoms with Gasteiger partial charge in [0.15, 0.2) is 5.78 Å². The molecule has 0 spiro atoms. The molecule has 4 aromatic rings. The molecule has 0 bridgehead atoms. The van der Waals surface area contributed by atoms with Gasteiger partial charge in [0, 0.05) is 11.6 Å². The zero-order valence-corrected chi connectivity index (χ0v) is 22.1. The van der Waals surface area contributed by atoms with Crippen LogP contribution in [0, 0.1) is 5.92 Å². The summed E-state index contributed by atoms with van der Waals surface area (Å²) in [4.78, 5) is 11.6. The van der Waals surface area contributed by atoms with Crippen molar-refractivity contribution in [3.8, 4) is 11.1 Å². The summed E-state index contributed by atoms with van der Waals surface area (Å²) < 4.78 is 0. The second-order valence-electron chi connectivity index (χ2n) is 10.5. The zero-order valence-electron chi connectivity index (χ0n) is 22.1. The van der Waals surface area contributed by atoms with E-state index in [-0.39, 0.29) is 5.78 Å². The van der Waals surface area contributed by atoms with Crippen LogP contribution >= 0.6 is 0 Å². The fraction of sp³-hybridized carbons (Fsp3) is 0.324. The highest BCUT2D eigenvalue weighted by Gasteiger charge is 2.14. The third kappa shape index (κ3) is 6.71. The molecule has 0 saturated heterocycles. The van der Waals surface area contributed by atoms with Crippen LogP contribution in [0.2, 0.25) is 0 Å². The molecule has 4 rings (SSSR count). The third-order valence-electron chi connectivity index (χ3n) is 7.36. The van der Waals surface area contributed by atoms with Crippen molar-refractivity contribution in [3.63, 3.8) is 0 Å². The molecule has 0 aliphatic carbocycles. The van der Waals surface area contributed by atoms with E-state index in [9.17, 15) is 4.79 Å². The van der Waals surface area contributed by atoms with Gasteiger partial charge in [0.1, 0.15) is 0 Å². The molecule has 0 radical (unpaired) electrons. The smallest absolute Gasteiger partial charge is 0.159 e. The minimum absolute atomic E-state index is 0.109. The maximum atomic E-state index is 11.6. The van der Waals surface area contributed by atoms with Crippen molar-refractivity contribution < 1.29 is 4.79 Å². The van der Waals surface area contributed by atoms with Crippen LogP contribution < -0.4 is 5.32 Å². The van der Waals surface area contributed by atoms with Crippen molar-refractivity contribution in [2.24, 2.45) is 5.92 Å². The number of ketones is 1. The second kappa shape index (κ2) is 12.1. The molecule has 0 heterocycles. The predicted octanol–water partition coefficient (Wildman–Crippen LogP) is 8.45. The first-order chi connectivity index (χ1) is 17.4. The van der Waals surface area contributed by atoms with E-state index in [2.05, 4.69) is 105 Å². The Morgan fingerprint density at radius 3 is 2.22 bits per heavy atom. The molecule has 4 aromatic carbocycles. The van der Waals surface area contributed by atoms with Crippen LogP contribution in [0.1, 0.15) is 67.9 Å². The summed E-state index contributed by atoms with van der Waals surface area (Å²) in [6, 6.07) is 32.6. The summed E-state index contributed by atoms with van der Waals surface area (Å²) in [6.07, 6.45) is 3.39. The van der Waals surface area contributed by atoms with Crippen LogP contribution in [-0.2, 0) is 6.42 Å². The Morgan fingerprint density at radius 1 is 0.778 bits per heavy atom. The molecule has 0 aliphatic rings. The monoisotopic (exact) mass is 477 g/mol. The van der Waals surface area contributed by atoms with Gasteiger partial charge in [-0.05, 0) is 84.5 Å². The van der Waals surface area contributed by atoms with Gasteiger partial charge in [0.2, 0.25) is 0 Å². The lowest BCUT2D eigenvalue weighted by molar-refractivity contribution is 0.101. The Hall–Kier alpha value is -3.23. The van der Waals surface area contributed by atoms with Crippen LogP contribution in [0.4, 0.5) is 0 Å². The fourth-order valence-corrected chi connectivity index (χ4v) is 5.06. The van der Waals surface area contributed by atoms with Crippen molar-refractivity contribution in [1.29, 1.82) is 0 Å². The van der Waals surface area contributed by atoms with E-state index < -0.39 is 0 Å². The van der Waals surface area contributed by atoms with E-state index in [1.807, 2.05) is 12.1 Å². The molecule has 0 amide bonds. The average molecular weight is 478 g/mol. The molecule has 2 nitrogen and oxygen atoms in total. The first-order valence-electron chi connectivity index (χ1n) is 13.3. The molecule has 36 heavy (non-hydrogen) atoms. The lowest BCUT2D eigenvalue weighted by atomic mass is 9.87. The van der Waals surface area contributed by atoms with Crippen molar-refractivity contribution in [1.82, 2.24) is 5.32 Å². The molecular weight excluding hydrogens is 438 g/mol. The van der Waals surface area contributed by atoms with E-state index in [1.165, 1.54) is 39.4 Å². The van der Waals surface area contributed by atoms with Gasteiger partial charge in [-0.15, -0.1) is 0 Å². The summed E-state index contributed by atoms with van der Waals surface area (Å²) in [5, 5.41) is 6.39. The van der Waals surface area contributed by atoms with Crippen molar-refractivity contribution in [2.75, 3.05) is 6.54 Å². The number of benzene rings is 4. The summed E-state index contributed by atoms with van der Waals surface area (Å²) >= 11 is 0. The number of Topliss-reactive ketones (excluding diaryl/α,β-unsaturated/α-hetero) is 1. The maximum absolute atomic E-state index is 11.6. The lowest BCUT2D eigenvalue weighted by Gasteiger charge is -2.21. The molecule has 3 unspecified atom stereocenters. The summed E-state index contributed by atoms with van der Waals surface area (Å²) in [7, 11) is 0. The van der Waals surface area contributed by atoms with Gasteiger partial charge in [-0.3, -0.25) is 4.79 Å². The van der Waals surface area contributed by atoms with E-state index >= 15 is 0 Å². The van der Waals surface area contributed by atoms with Crippen LogP contribution in [-0.4, -0.2) is 18.4 Å². The molecule has 0 saturated carbocycles. The van der Waals surface area contributed by atoms with Gasteiger partial charge in [-0.1, -0.05) is 105 Å². The van der Waals surface area contributed by atoms with Crippen LogP contribution in [0.3, 0.4) is 0 Å². The number of fused-ring (bicyclic) bond motifs is 1. The fourth-order valence-electron chi connectivity index (χ4n) is 5.06. The SMILES string of the molecule is CC(=O)c1ccc(-c2ccccc2C(C)CCC(C)CNC(C)Cc2ccc3ccccc3c2)cc1. The Balaban J connectivity index is 1.29. The maximum Gasteiger partial charge on any atom is 0.159 e. The van der Waals surface area contributed by atoms with E-state index in [4.69, 9.17) is 0 Å². The Morgan fingerprint density at radius 2 is 1.47 bits per heavy atom. The lowest BCUT2D eigenvalue weighted by Crippen LogP contribution is -2.32. The first-order valence-corrected chi connectivity index (χ1v) is 13.3. The largest absolute Gasteiger partial charge is 0.314 e. The summed E-state index contributed by atoms with van der Waals surface area (Å²) in [5.41, 5.74) is 6.00. The summed E-state index contributed by atoms with van der Waals surface area (Å²) in [5.74, 6) is 1.21. The Labute approximate surface area is 216 Å². The quantitative estimate of drug-likeness (QED) is 0.220. The topological polar surface area (TPSA) is 29.1 Å². The second-order valence-corrected chi connectivity index (χ2v) is 10.5. The molecule has 1 N–H and O–H groups in total. The van der Waals surface area contributed by atoms with Gasteiger partial charge in [0.05, 0.1) is 0 Å². The first kappa shape index (κ1) is 25.9. The Bertz CT molecular complexity index is 1290. The number of carbonyl (C=O) groups excluding carboxylic acids is 1. The molecule has 0 aromatic heterocycles. The molecule has 2 heteroatoms. The van der Waals surface area contributed by atoms with Gasteiger partial charge < -0.3 is 5.32 Å². The molecule has 3 atom stereocenters. The van der Waals surface area contributed by atoms with E-state index in [0.717, 1.165) is 24.9 Å². The van der Waals surface area contributed by atoms with E-state index in [0.29, 0.717) is 17.9 Å². The minimum atomic E-state index is 0.109. The normalized spacial score (nSPS) is 13.9. The molecule has 0 aliphatic heterocycles. The summed E-state index contributed by atoms with van der Waals surface area (Å²) in [6.45, 7) is 9.64. The van der Waals surface area contributed by atoms with Gasteiger partial charge >= 0.3 is 0 Å². The van der Waals surface area contributed by atoms with Gasteiger partial charge in [-0.25, -0.2) is 0 Å². The Kier molecular flexibility index (Phi) is 8.72. The highest BCUT2D eigenvalue weighted by molar-refractivity contribution is 5.94. The number of rotatable bonds is 11. The number of hydrogen-bond acceptors (Lipinski definition) is 2. The highest BCUT2D eigenvalue weighted by atomic mass is 16.1. The van der Waals surface area contributed by atoms with Crippen LogP contribution in [0.15, 0.2) is 91.0 Å². The third-order valence-corrected chi connectivity index (χ3v) is 7.36. The molecule has 186 valence electrons. The molecule has 0 fully saturated rings. The van der Waals surface area contributed by atoms with Crippen molar-refractivity contribution in [2.45, 2.75) is 58.9 Å². The minimum Gasteiger partial charge on any atom is -0.314 e. The number of nitrogens with one attached hydrogen (secondary N) is 1. The van der Waals surface area contributed by atoms with Crippen molar-refractivity contribution in [3.05, 3.63) is 108 Å². The standard InChI is InChI=1S/C34H39NO/c1-24(23-35-26(3)21-28-15-16-30-9-5-6-10-32(30)22-28)13-14-25(2)33-11-7-8-12-34(33)31-19-17-29(18-20-31)27(4)36/h5-12,15-20,22,24-26,35H,13-14,21,23H2,1-4H3. The number of carbonyl (C=O) groups is 1. The van der Waals surface area contributed by atoms with Gasteiger partial charge in [0.25, 0.3) is 0 Å². The van der Waals surface area contributed by atoms with Crippen LogP contribution in [0.5, 0.6) is 0 Å².